The summed E-state index contributed by atoms with van der Waals surface area (Å²) in [5.74, 6) is -1.07. The quantitative estimate of drug-likeness (QED) is 0.313. The number of carbonyl (C=O) groups excluding carboxylic acids is 1. The fraction of sp³-hybridized carbons (Fsp3) is 0.174. The highest BCUT2D eigenvalue weighted by molar-refractivity contribution is 8.26. The Morgan fingerprint density at radius 2 is 1.94 bits per heavy atom. The molecule has 3 aromatic rings. The standard InChI is InChI=1S/C23H19ClN2O3S3/c1-25-17-9-4-2-7-14(17)15(22(25)31-18-10-5-3-8-16(18)24)13-19-21(29)26(23(30)32-19)12-6-11-20(27)28/h2-5,7-10,13H,6,11-12H2,1H3,(H,27,28)/b19-13+. The Hall–Kier alpha value is -2.26. The van der Waals surface area contributed by atoms with E-state index in [-0.39, 0.29) is 12.3 Å². The van der Waals surface area contributed by atoms with Crippen LogP contribution in [0.1, 0.15) is 18.4 Å². The molecular weight excluding hydrogens is 484 g/mol. The average Bonchev–Trinajstić information content (AvgIpc) is 3.18. The number of aliphatic carboxylic acids is 1. The first-order valence-electron chi connectivity index (χ1n) is 9.83. The molecule has 1 fully saturated rings. The molecule has 0 bridgehead atoms. The van der Waals surface area contributed by atoms with Crippen molar-refractivity contribution in [1.29, 1.82) is 0 Å². The zero-order valence-electron chi connectivity index (χ0n) is 17.1. The molecule has 0 unspecified atom stereocenters. The van der Waals surface area contributed by atoms with E-state index in [1.165, 1.54) is 16.7 Å². The zero-order valence-corrected chi connectivity index (χ0v) is 20.3. The molecule has 2 heterocycles. The maximum absolute atomic E-state index is 13.0. The highest BCUT2D eigenvalue weighted by Crippen LogP contribution is 2.42. The Labute approximate surface area is 204 Å². The highest BCUT2D eigenvalue weighted by atomic mass is 35.5. The number of benzene rings is 2. The lowest BCUT2D eigenvalue weighted by molar-refractivity contribution is -0.137. The van der Waals surface area contributed by atoms with Crippen LogP contribution in [-0.2, 0) is 16.6 Å². The molecule has 1 aromatic heterocycles. The number of aromatic nitrogens is 1. The molecule has 1 amide bonds. The molecule has 0 atom stereocenters. The van der Waals surface area contributed by atoms with Gasteiger partial charge in [0.2, 0.25) is 0 Å². The van der Waals surface area contributed by atoms with Gasteiger partial charge in [-0.15, -0.1) is 0 Å². The number of carboxylic acids is 1. The summed E-state index contributed by atoms with van der Waals surface area (Å²) >= 11 is 14.6. The second kappa shape index (κ2) is 9.70. The van der Waals surface area contributed by atoms with E-state index in [9.17, 15) is 9.59 Å². The van der Waals surface area contributed by atoms with Crippen LogP contribution in [-0.4, -0.2) is 37.3 Å². The van der Waals surface area contributed by atoms with E-state index >= 15 is 0 Å². The number of rotatable bonds is 7. The third-order valence-corrected chi connectivity index (χ3v) is 8.14. The molecule has 1 saturated heterocycles. The van der Waals surface area contributed by atoms with E-state index in [4.69, 9.17) is 28.9 Å². The summed E-state index contributed by atoms with van der Waals surface area (Å²) in [6.45, 7) is 0.297. The molecule has 5 nitrogen and oxygen atoms in total. The van der Waals surface area contributed by atoms with Crippen molar-refractivity contribution >= 4 is 80.5 Å². The van der Waals surface area contributed by atoms with Crippen molar-refractivity contribution in [3.8, 4) is 0 Å². The summed E-state index contributed by atoms with van der Waals surface area (Å²) in [7, 11) is 2.00. The van der Waals surface area contributed by atoms with Gasteiger partial charge < -0.3 is 9.67 Å². The van der Waals surface area contributed by atoms with Gasteiger partial charge in [0.15, 0.2) is 0 Å². The molecule has 32 heavy (non-hydrogen) atoms. The SMILES string of the molecule is Cn1c(Sc2ccccc2Cl)c(/C=C2/SC(=S)N(CCCC(=O)O)C2=O)c2ccccc21. The largest absolute Gasteiger partial charge is 0.481 e. The molecule has 4 rings (SSSR count). The fourth-order valence-electron chi connectivity index (χ4n) is 3.51. The van der Waals surface area contributed by atoms with Crippen LogP contribution in [0.2, 0.25) is 5.02 Å². The number of thioether (sulfide) groups is 1. The summed E-state index contributed by atoms with van der Waals surface area (Å²) in [6.07, 6.45) is 2.24. The second-order valence-corrected chi connectivity index (χ2v) is 10.3. The zero-order chi connectivity index (χ0) is 22.8. The molecule has 164 valence electrons. The normalized spacial score (nSPS) is 15.3. The maximum atomic E-state index is 13.0. The van der Waals surface area contributed by atoms with Gasteiger partial charge >= 0.3 is 5.97 Å². The minimum atomic E-state index is -0.886. The Morgan fingerprint density at radius 1 is 1.22 bits per heavy atom. The Kier molecular flexibility index (Phi) is 6.95. The third-order valence-electron chi connectivity index (χ3n) is 5.06. The number of nitrogens with zero attached hydrogens (tertiary/aromatic N) is 2. The molecule has 1 aliphatic rings. The predicted octanol–water partition coefficient (Wildman–Crippen LogP) is 6.05. The number of fused-ring (bicyclic) bond motifs is 1. The van der Waals surface area contributed by atoms with Crippen molar-refractivity contribution in [1.82, 2.24) is 9.47 Å². The van der Waals surface area contributed by atoms with Crippen molar-refractivity contribution < 1.29 is 14.7 Å². The van der Waals surface area contributed by atoms with Crippen LogP contribution in [0.15, 0.2) is 63.4 Å². The average molecular weight is 503 g/mol. The van der Waals surface area contributed by atoms with Crippen molar-refractivity contribution in [3.05, 3.63) is 64.0 Å². The van der Waals surface area contributed by atoms with Crippen molar-refractivity contribution in [2.75, 3.05) is 6.54 Å². The first kappa shape index (κ1) is 22.9. The molecule has 0 radical (unpaired) electrons. The molecule has 9 heteroatoms. The number of hydrogen-bond donors (Lipinski definition) is 1. The van der Waals surface area contributed by atoms with Crippen LogP contribution in [0.3, 0.4) is 0 Å². The monoisotopic (exact) mass is 502 g/mol. The fourth-order valence-corrected chi connectivity index (χ4v) is 6.08. The molecule has 0 spiro atoms. The summed E-state index contributed by atoms with van der Waals surface area (Å²) < 4.78 is 2.55. The van der Waals surface area contributed by atoms with E-state index in [1.54, 1.807) is 11.8 Å². The van der Waals surface area contributed by atoms with Crippen molar-refractivity contribution in [2.45, 2.75) is 22.8 Å². The highest BCUT2D eigenvalue weighted by Gasteiger charge is 2.32. The predicted molar refractivity (Wildman–Crippen MR) is 135 cm³/mol. The van der Waals surface area contributed by atoms with Crippen LogP contribution < -0.4 is 0 Å². The lowest BCUT2D eigenvalue weighted by Gasteiger charge is -2.13. The molecule has 0 saturated carbocycles. The van der Waals surface area contributed by atoms with E-state index < -0.39 is 5.97 Å². The number of aryl methyl sites for hydroxylation is 1. The van der Waals surface area contributed by atoms with Crippen molar-refractivity contribution in [3.63, 3.8) is 0 Å². The van der Waals surface area contributed by atoms with Crippen molar-refractivity contribution in [2.24, 2.45) is 7.05 Å². The second-order valence-electron chi connectivity index (χ2n) is 7.16. The van der Waals surface area contributed by atoms with Gasteiger partial charge in [0.05, 0.1) is 15.0 Å². The van der Waals surface area contributed by atoms with Crippen LogP contribution in [0, 0.1) is 0 Å². The molecule has 0 aliphatic carbocycles. The Balaban J connectivity index is 1.73. The number of halogens is 1. The summed E-state index contributed by atoms with van der Waals surface area (Å²) in [6, 6.07) is 15.7. The first-order valence-corrected chi connectivity index (χ1v) is 12.3. The van der Waals surface area contributed by atoms with Gasteiger partial charge in [0.1, 0.15) is 4.32 Å². The topological polar surface area (TPSA) is 62.5 Å². The summed E-state index contributed by atoms with van der Waals surface area (Å²) in [5, 5.41) is 11.5. The van der Waals surface area contributed by atoms with Gasteiger partial charge in [0.25, 0.3) is 5.91 Å². The van der Waals surface area contributed by atoms with Crippen LogP contribution >= 0.6 is 47.3 Å². The molecule has 1 N–H and O–H groups in total. The number of carboxylic acid groups (broad SMARTS) is 1. The van der Waals surface area contributed by atoms with E-state index in [2.05, 4.69) is 4.57 Å². The lowest BCUT2D eigenvalue weighted by Crippen LogP contribution is -2.29. The van der Waals surface area contributed by atoms with Gasteiger partial charge in [-0.1, -0.05) is 77.7 Å². The minimum Gasteiger partial charge on any atom is -0.481 e. The van der Waals surface area contributed by atoms with Crippen LogP contribution in [0.25, 0.3) is 17.0 Å². The van der Waals surface area contributed by atoms with Gasteiger partial charge in [0, 0.05) is 41.4 Å². The molecule has 1 aliphatic heterocycles. The summed E-state index contributed by atoms with van der Waals surface area (Å²) in [5.41, 5.74) is 1.98. The van der Waals surface area contributed by atoms with E-state index in [0.29, 0.717) is 27.2 Å². The van der Waals surface area contributed by atoms with Gasteiger partial charge in [-0.3, -0.25) is 14.5 Å². The number of carbonyl (C=O) groups is 2. The molecular formula is C23H19ClN2O3S3. The first-order chi connectivity index (χ1) is 15.4. The van der Waals surface area contributed by atoms with E-state index in [0.717, 1.165) is 26.4 Å². The third kappa shape index (κ3) is 4.59. The van der Waals surface area contributed by atoms with Gasteiger partial charge in [-0.05, 0) is 30.7 Å². The van der Waals surface area contributed by atoms with Crippen LogP contribution in [0.5, 0.6) is 0 Å². The van der Waals surface area contributed by atoms with E-state index in [1.807, 2.05) is 61.7 Å². The summed E-state index contributed by atoms with van der Waals surface area (Å²) in [4.78, 5) is 26.8. The van der Waals surface area contributed by atoms with Gasteiger partial charge in [-0.2, -0.15) is 0 Å². The minimum absolute atomic E-state index is 0.00193. The van der Waals surface area contributed by atoms with Gasteiger partial charge in [-0.25, -0.2) is 0 Å². The number of amides is 1. The number of para-hydroxylation sites is 1. The number of hydrogen-bond acceptors (Lipinski definition) is 5. The molecule has 2 aromatic carbocycles. The maximum Gasteiger partial charge on any atom is 0.303 e. The lowest BCUT2D eigenvalue weighted by atomic mass is 10.1. The Bertz CT molecular complexity index is 1270. The van der Waals surface area contributed by atoms with Crippen LogP contribution in [0.4, 0.5) is 0 Å². The Morgan fingerprint density at radius 3 is 2.69 bits per heavy atom. The number of thiocarbonyl (C=S) groups is 1. The smallest absolute Gasteiger partial charge is 0.303 e.